The van der Waals surface area contributed by atoms with Crippen molar-refractivity contribution in [2.24, 2.45) is 0 Å². The molecule has 3 nitrogen and oxygen atoms in total. The second kappa shape index (κ2) is 9.24. The third-order valence-corrected chi connectivity index (χ3v) is 4.27. The van der Waals surface area contributed by atoms with Crippen LogP contribution in [0.4, 0.5) is 0 Å². The molecule has 2 aromatic rings. The zero-order chi connectivity index (χ0) is 17.4. The summed E-state index contributed by atoms with van der Waals surface area (Å²) in [4.78, 5) is 14.1. The third-order valence-electron chi connectivity index (χ3n) is 4.27. The Balaban J connectivity index is 1.72. The lowest BCUT2D eigenvalue weighted by Crippen LogP contribution is -2.35. The van der Waals surface area contributed by atoms with E-state index in [4.69, 9.17) is 0 Å². The van der Waals surface area contributed by atoms with Crippen molar-refractivity contribution in [3.8, 4) is 0 Å². The maximum atomic E-state index is 12.1. The highest BCUT2D eigenvalue weighted by Crippen LogP contribution is 2.08. The van der Waals surface area contributed by atoms with Gasteiger partial charge in [0.2, 0.25) is 5.91 Å². The molecule has 0 heterocycles. The SMILES string of the molecule is CCc1ccc(CN(C)CC(=O)NCCc2ccccc2C)cc1. The van der Waals surface area contributed by atoms with Gasteiger partial charge in [0, 0.05) is 13.1 Å². The number of hydrogen-bond acceptors (Lipinski definition) is 2. The maximum Gasteiger partial charge on any atom is 0.234 e. The third kappa shape index (κ3) is 5.82. The average molecular weight is 324 g/mol. The predicted octanol–water partition coefficient (Wildman–Crippen LogP) is 3.35. The molecule has 3 heteroatoms. The van der Waals surface area contributed by atoms with Gasteiger partial charge in [-0.15, -0.1) is 0 Å². The molecule has 1 N–H and O–H groups in total. The first-order valence-corrected chi connectivity index (χ1v) is 8.66. The molecule has 0 saturated heterocycles. The molecule has 0 aromatic heterocycles. The Morgan fingerprint density at radius 3 is 2.38 bits per heavy atom. The summed E-state index contributed by atoms with van der Waals surface area (Å²) in [5.41, 5.74) is 5.15. The van der Waals surface area contributed by atoms with E-state index in [0.717, 1.165) is 19.4 Å². The van der Waals surface area contributed by atoms with Crippen molar-refractivity contribution in [2.45, 2.75) is 33.2 Å². The summed E-state index contributed by atoms with van der Waals surface area (Å²) in [5, 5.41) is 3.01. The van der Waals surface area contributed by atoms with Crippen LogP contribution in [0.2, 0.25) is 0 Å². The molecule has 0 aliphatic rings. The lowest BCUT2D eigenvalue weighted by Gasteiger charge is -2.16. The van der Waals surface area contributed by atoms with Gasteiger partial charge in [-0.2, -0.15) is 0 Å². The molecule has 24 heavy (non-hydrogen) atoms. The first-order chi connectivity index (χ1) is 11.6. The molecule has 0 atom stereocenters. The van der Waals surface area contributed by atoms with Crippen LogP contribution in [-0.2, 0) is 24.2 Å². The monoisotopic (exact) mass is 324 g/mol. The molecule has 0 bridgehead atoms. The summed E-state index contributed by atoms with van der Waals surface area (Å²) in [6.45, 7) is 6.15. The summed E-state index contributed by atoms with van der Waals surface area (Å²) in [6.07, 6.45) is 1.93. The number of likely N-dealkylation sites (N-methyl/N-ethyl adjacent to an activating group) is 1. The molecule has 0 fully saturated rings. The Morgan fingerprint density at radius 2 is 1.71 bits per heavy atom. The van der Waals surface area contributed by atoms with Gasteiger partial charge < -0.3 is 5.32 Å². The molecule has 1 amide bonds. The maximum absolute atomic E-state index is 12.1. The first kappa shape index (κ1) is 18.2. The zero-order valence-corrected chi connectivity index (χ0v) is 15.0. The summed E-state index contributed by atoms with van der Waals surface area (Å²) in [5.74, 6) is 0.0799. The number of amides is 1. The molecular formula is C21H28N2O. The van der Waals surface area contributed by atoms with Gasteiger partial charge in [-0.05, 0) is 49.1 Å². The van der Waals surface area contributed by atoms with E-state index in [2.05, 4.69) is 55.6 Å². The number of nitrogens with one attached hydrogen (secondary N) is 1. The highest BCUT2D eigenvalue weighted by atomic mass is 16.2. The highest BCUT2D eigenvalue weighted by molar-refractivity contribution is 5.77. The minimum Gasteiger partial charge on any atom is -0.355 e. The summed E-state index contributed by atoms with van der Waals surface area (Å²) >= 11 is 0. The van der Waals surface area contributed by atoms with E-state index in [1.807, 2.05) is 24.1 Å². The van der Waals surface area contributed by atoms with Crippen molar-refractivity contribution in [3.05, 3.63) is 70.8 Å². The normalized spacial score (nSPS) is 10.8. The highest BCUT2D eigenvalue weighted by Gasteiger charge is 2.07. The smallest absolute Gasteiger partial charge is 0.234 e. The largest absolute Gasteiger partial charge is 0.355 e. The Hall–Kier alpha value is -2.13. The molecule has 2 aromatic carbocycles. The Kier molecular flexibility index (Phi) is 7.01. The Morgan fingerprint density at radius 1 is 1.04 bits per heavy atom. The van der Waals surface area contributed by atoms with Crippen molar-refractivity contribution in [1.29, 1.82) is 0 Å². The number of nitrogens with zero attached hydrogens (tertiary/aromatic N) is 1. The molecule has 128 valence electrons. The Bertz CT molecular complexity index is 649. The molecule has 0 aliphatic carbocycles. The molecule has 0 saturated carbocycles. The van der Waals surface area contributed by atoms with Crippen LogP contribution in [0.15, 0.2) is 48.5 Å². The predicted molar refractivity (Wildman–Crippen MR) is 100 cm³/mol. The van der Waals surface area contributed by atoms with E-state index in [-0.39, 0.29) is 5.91 Å². The van der Waals surface area contributed by atoms with Gasteiger partial charge in [0.15, 0.2) is 0 Å². The molecule has 0 spiro atoms. The van der Waals surface area contributed by atoms with Crippen LogP contribution in [0.3, 0.4) is 0 Å². The fourth-order valence-corrected chi connectivity index (χ4v) is 2.78. The van der Waals surface area contributed by atoms with Crippen molar-refractivity contribution in [1.82, 2.24) is 10.2 Å². The van der Waals surface area contributed by atoms with Crippen molar-refractivity contribution in [2.75, 3.05) is 20.1 Å². The lowest BCUT2D eigenvalue weighted by molar-refractivity contribution is -0.122. The molecule has 2 rings (SSSR count). The van der Waals surface area contributed by atoms with Gasteiger partial charge in [0.1, 0.15) is 0 Å². The number of carbonyl (C=O) groups is 1. The molecule has 0 aliphatic heterocycles. The van der Waals surface area contributed by atoms with Crippen LogP contribution in [0.1, 0.15) is 29.2 Å². The minimum absolute atomic E-state index is 0.0799. The van der Waals surface area contributed by atoms with Gasteiger partial charge in [-0.25, -0.2) is 0 Å². The van der Waals surface area contributed by atoms with E-state index in [0.29, 0.717) is 13.1 Å². The van der Waals surface area contributed by atoms with E-state index >= 15 is 0 Å². The number of benzene rings is 2. The van der Waals surface area contributed by atoms with E-state index in [1.54, 1.807) is 0 Å². The van der Waals surface area contributed by atoms with Crippen molar-refractivity contribution in [3.63, 3.8) is 0 Å². The summed E-state index contributed by atoms with van der Waals surface area (Å²) in [6, 6.07) is 16.9. The van der Waals surface area contributed by atoms with Crippen LogP contribution in [0.5, 0.6) is 0 Å². The van der Waals surface area contributed by atoms with E-state index in [1.165, 1.54) is 22.3 Å². The van der Waals surface area contributed by atoms with Gasteiger partial charge >= 0.3 is 0 Å². The minimum atomic E-state index is 0.0799. The number of aryl methyl sites for hydroxylation is 2. The van der Waals surface area contributed by atoms with Gasteiger partial charge in [0.25, 0.3) is 0 Å². The second-order valence-corrected chi connectivity index (χ2v) is 6.37. The van der Waals surface area contributed by atoms with E-state index in [9.17, 15) is 4.79 Å². The topological polar surface area (TPSA) is 32.3 Å². The number of carbonyl (C=O) groups excluding carboxylic acids is 1. The van der Waals surface area contributed by atoms with Gasteiger partial charge in [-0.1, -0.05) is 55.5 Å². The second-order valence-electron chi connectivity index (χ2n) is 6.37. The average Bonchev–Trinajstić information content (AvgIpc) is 2.57. The van der Waals surface area contributed by atoms with Crippen LogP contribution in [0.25, 0.3) is 0 Å². The lowest BCUT2D eigenvalue weighted by atomic mass is 10.1. The molecule has 0 unspecified atom stereocenters. The molecular weight excluding hydrogens is 296 g/mol. The Labute approximate surface area is 145 Å². The van der Waals surface area contributed by atoms with Crippen LogP contribution < -0.4 is 5.32 Å². The van der Waals surface area contributed by atoms with Crippen molar-refractivity contribution < 1.29 is 4.79 Å². The van der Waals surface area contributed by atoms with Gasteiger partial charge in [0.05, 0.1) is 6.54 Å². The van der Waals surface area contributed by atoms with E-state index < -0.39 is 0 Å². The van der Waals surface area contributed by atoms with Crippen molar-refractivity contribution >= 4 is 5.91 Å². The van der Waals surface area contributed by atoms with Crippen LogP contribution >= 0.6 is 0 Å². The first-order valence-electron chi connectivity index (χ1n) is 8.66. The quantitative estimate of drug-likeness (QED) is 0.807. The summed E-state index contributed by atoms with van der Waals surface area (Å²) in [7, 11) is 1.98. The fraction of sp³-hybridized carbons (Fsp3) is 0.381. The fourth-order valence-electron chi connectivity index (χ4n) is 2.78. The number of hydrogen-bond donors (Lipinski definition) is 1. The van der Waals surface area contributed by atoms with Crippen LogP contribution in [-0.4, -0.2) is 30.9 Å². The molecule has 0 radical (unpaired) electrons. The van der Waals surface area contributed by atoms with Crippen LogP contribution in [0, 0.1) is 6.92 Å². The summed E-state index contributed by atoms with van der Waals surface area (Å²) < 4.78 is 0. The number of rotatable bonds is 8. The standard InChI is InChI=1S/C21H28N2O/c1-4-18-9-11-19(12-10-18)15-23(3)16-21(24)22-14-13-20-8-6-5-7-17(20)2/h5-12H,4,13-16H2,1-3H3,(H,22,24). The zero-order valence-electron chi connectivity index (χ0n) is 15.0. The van der Waals surface area contributed by atoms with Gasteiger partial charge in [-0.3, -0.25) is 9.69 Å².